The number of nitrogens with zero attached hydrogens (tertiary/aromatic N) is 3. The average Bonchev–Trinajstić information content (AvgIpc) is 2.54. The third-order valence-corrected chi connectivity index (χ3v) is 4.42. The Kier molecular flexibility index (Phi) is 4.53. The molecule has 2 aliphatic rings. The van der Waals surface area contributed by atoms with Crippen LogP contribution >= 0.6 is 0 Å². The van der Waals surface area contributed by atoms with Crippen LogP contribution in [-0.2, 0) is 11.0 Å². The minimum Gasteiger partial charge on any atom is -0.371 e. The van der Waals surface area contributed by atoms with E-state index < -0.39 is 30.5 Å². The predicted octanol–water partition coefficient (Wildman–Crippen LogP) is 2.66. The molecule has 2 aliphatic heterocycles. The molecule has 2 heterocycles. The van der Waals surface area contributed by atoms with E-state index in [1.54, 1.807) is 7.05 Å². The molecule has 1 aromatic carbocycles. The standard InChI is InChI=1S/C16H17F5N4O/c1-24-9-13(26)22-23-14(24)10-2-3-12(11(8-10)16(19,20)21)25-6-4-15(17,18)5-7-25/h2-3,8H,4-7,9H2,1H3,(H,22,26). The number of rotatable bonds is 2. The van der Waals surface area contributed by atoms with Crippen molar-refractivity contribution < 1.29 is 26.7 Å². The highest BCUT2D eigenvalue weighted by atomic mass is 19.4. The van der Waals surface area contributed by atoms with E-state index in [2.05, 4.69) is 10.5 Å². The summed E-state index contributed by atoms with van der Waals surface area (Å²) in [6.45, 7) is -0.318. The average molecular weight is 376 g/mol. The number of hydrazone groups is 1. The Hall–Kier alpha value is -2.39. The van der Waals surface area contributed by atoms with Gasteiger partial charge in [0.2, 0.25) is 0 Å². The van der Waals surface area contributed by atoms with Gasteiger partial charge >= 0.3 is 6.18 Å². The summed E-state index contributed by atoms with van der Waals surface area (Å²) < 4.78 is 67.3. The Morgan fingerprint density at radius 3 is 2.42 bits per heavy atom. The monoisotopic (exact) mass is 376 g/mol. The van der Waals surface area contributed by atoms with Crippen LogP contribution in [0.15, 0.2) is 23.3 Å². The van der Waals surface area contributed by atoms with Crippen molar-refractivity contribution in [1.29, 1.82) is 0 Å². The van der Waals surface area contributed by atoms with Gasteiger partial charge in [-0.25, -0.2) is 14.2 Å². The van der Waals surface area contributed by atoms with E-state index in [0.29, 0.717) is 0 Å². The Bertz CT molecular complexity index is 737. The molecule has 0 aliphatic carbocycles. The first-order chi connectivity index (χ1) is 12.1. The van der Waals surface area contributed by atoms with Crippen molar-refractivity contribution in [2.45, 2.75) is 24.9 Å². The Morgan fingerprint density at radius 1 is 1.19 bits per heavy atom. The number of halogens is 5. The summed E-state index contributed by atoms with van der Waals surface area (Å²) in [5.74, 6) is -3.00. The van der Waals surface area contributed by atoms with Gasteiger partial charge in [0.1, 0.15) is 0 Å². The topological polar surface area (TPSA) is 47.9 Å². The minimum absolute atomic E-state index is 0.0247. The number of likely N-dealkylation sites (N-methyl/N-ethyl adjacent to an activating group) is 1. The molecule has 1 N–H and O–H groups in total. The molecule has 26 heavy (non-hydrogen) atoms. The van der Waals surface area contributed by atoms with E-state index in [4.69, 9.17) is 0 Å². The fraction of sp³-hybridized carbons (Fsp3) is 0.500. The van der Waals surface area contributed by atoms with E-state index in [1.165, 1.54) is 21.9 Å². The quantitative estimate of drug-likeness (QED) is 0.808. The Labute approximate surface area is 146 Å². The lowest BCUT2D eigenvalue weighted by molar-refractivity contribution is -0.137. The molecule has 0 atom stereocenters. The van der Waals surface area contributed by atoms with E-state index in [9.17, 15) is 26.7 Å². The maximum atomic E-state index is 13.6. The number of carbonyl (C=O) groups excluding carboxylic acids is 1. The number of alkyl halides is 5. The maximum absolute atomic E-state index is 13.6. The molecule has 10 heteroatoms. The molecule has 0 unspecified atom stereocenters. The first-order valence-electron chi connectivity index (χ1n) is 7.99. The first kappa shape index (κ1) is 18.4. The summed E-state index contributed by atoms with van der Waals surface area (Å²) >= 11 is 0. The molecule has 0 radical (unpaired) electrons. The molecule has 1 fully saturated rings. The minimum atomic E-state index is -4.65. The molecule has 0 saturated carbocycles. The Morgan fingerprint density at radius 2 is 1.85 bits per heavy atom. The molecule has 0 bridgehead atoms. The van der Waals surface area contributed by atoms with Crippen molar-refractivity contribution in [2.24, 2.45) is 5.10 Å². The van der Waals surface area contributed by atoms with Gasteiger partial charge in [0.25, 0.3) is 11.8 Å². The lowest BCUT2D eigenvalue weighted by Gasteiger charge is -2.35. The van der Waals surface area contributed by atoms with Gasteiger partial charge in [0.05, 0.1) is 12.1 Å². The predicted molar refractivity (Wildman–Crippen MR) is 85.1 cm³/mol. The van der Waals surface area contributed by atoms with Gasteiger partial charge in [0.15, 0.2) is 5.84 Å². The second-order valence-corrected chi connectivity index (χ2v) is 6.40. The highest BCUT2D eigenvalue weighted by molar-refractivity contribution is 6.03. The summed E-state index contributed by atoms with van der Waals surface area (Å²) in [5, 5.41) is 3.81. The van der Waals surface area contributed by atoms with Gasteiger partial charge < -0.3 is 9.80 Å². The lowest BCUT2D eigenvalue weighted by atomic mass is 10.0. The molecule has 1 amide bonds. The van der Waals surface area contributed by atoms with Crippen molar-refractivity contribution in [3.63, 3.8) is 0 Å². The van der Waals surface area contributed by atoms with Crippen LogP contribution in [0, 0.1) is 0 Å². The van der Waals surface area contributed by atoms with Crippen LogP contribution in [0.5, 0.6) is 0 Å². The summed E-state index contributed by atoms with van der Waals surface area (Å²) in [6, 6.07) is 3.66. The molecule has 1 aromatic rings. The van der Waals surface area contributed by atoms with Crippen LogP contribution in [0.1, 0.15) is 24.0 Å². The summed E-state index contributed by atoms with van der Waals surface area (Å²) in [7, 11) is 1.55. The molecule has 5 nitrogen and oxygen atoms in total. The molecule has 0 aromatic heterocycles. The fourth-order valence-corrected chi connectivity index (χ4v) is 3.06. The van der Waals surface area contributed by atoms with Crippen LogP contribution in [0.3, 0.4) is 0 Å². The largest absolute Gasteiger partial charge is 0.418 e. The van der Waals surface area contributed by atoms with Crippen molar-refractivity contribution in [3.05, 3.63) is 29.3 Å². The van der Waals surface area contributed by atoms with E-state index in [-0.39, 0.29) is 42.6 Å². The van der Waals surface area contributed by atoms with Gasteiger partial charge in [-0.15, -0.1) is 0 Å². The van der Waals surface area contributed by atoms with E-state index in [1.807, 2.05) is 0 Å². The molecule has 0 spiro atoms. The van der Waals surface area contributed by atoms with Crippen LogP contribution < -0.4 is 10.3 Å². The smallest absolute Gasteiger partial charge is 0.371 e. The second kappa shape index (κ2) is 6.40. The van der Waals surface area contributed by atoms with Crippen LogP contribution in [0.4, 0.5) is 27.6 Å². The van der Waals surface area contributed by atoms with Crippen molar-refractivity contribution in [3.8, 4) is 0 Å². The number of hydrogen-bond acceptors (Lipinski definition) is 4. The van der Waals surface area contributed by atoms with E-state index in [0.717, 1.165) is 6.07 Å². The lowest BCUT2D eigenvalue weighted by Crippen LogP contribution is -2.43. The third kappa shape index (κ3) is 3.73. The first-order valence-corrected chi connectivity index (χ1v) is 7.99. The normalized spacial score (nSPS) is 20.7. The number of hydrogen-bond donors (Lipinski definition) is 1. The summed E-state index contributed by atoms with van der Waals surface area (Å²) in [5.41, 5.74) is 1.39. The van der Waals surface area contributed by atoms with Gasteiger partial charge in [-0.05, 0) is 18.2 Å². The van der Waals surface area contributed by atoms with Gasteiger partial charge in [-0.1, -0.05) is 0 Å². The Balaban J connectivity index is 1.96. The summed E-state index contributed by atoms with van der Waals surface area (Å²) in [6.07, 6.45) is -5.61. The number of piperidine rings is 1. The number of amidine groups is 1. The second-order valence-electron chi connectivity index (χ2n) is 6.40. The molecule has 142 valence electrons. The number of anilines is 1. The zero-order chi connectivity index (χ0) is 19.1. The van der Waals surface area contributed by atoms with Crippen LogP contribution in [0.2, 0.25) is 0 Å². The van der Waals surface area contributed by atoms with E-state index >= 15 is 0 Å². The molecule has 3 rings (SSSR count). The van der Waals surface area contributed by atoms with Gasteiger partial charge in [-0.3, -0.25) is 4.79 Å². The number of carbonyl (C=O) groups is 1. The van der Waals surface area contributed by atoms with Crippen molar-refractivity contribution in [2.75, 3.05) is 31.6 Å². The highest BCUT2D eigenvalue weighted by Gasteiger charge is 2.39. The van der Waals surface area contributed by atoms with Gasteiger partial charge in [-0.2, -0.15) is 18.3 Å². The van der Waals surface area contributed by atoms with Gasteiger partial charge in [0, 0.05) is 44.2 Å². The third-order valence-electron chi connectivity index (χ3n) is 4.42. The highest BCUT2D eigenvalue weighted by Crippen LogP contribution is 2.40. The zero-order valence-electron chi connectivity index (χ0n) is 13.9. The molecular formula is C16H17F5N4O. The fourth-order valence-electron chi connectivity index (χ4n) is 3.06. The van der Waals surface area contributed by atoms with Crippen LogP contribution in [0.25, 0.3) is 0 Å². The molecular weight excluding hydrogens is 359 g/mol. The van der Waals surface area contributed by atoms with Crippen LogP contribution in [-0.4, -0.2) is 49.2 Å². The SMILES string of the molecule is CN1CC(=O)NN=C1c1ccc(N2CCC(F)(F)CC2)c(C(F)(F)F)c1. The maximum Gasteiger partial charge on any atom is 0.418 e. The number of benzene rings is 1. The summed E-state index contributed by atoms with van der Waals surface area (Å²) in [4.78, 5) is 14.1. The van der Waals surface area contributed by atoms with Crippen molar-refractivity contribution >= 4 is 17.4 Å². The molecule has 1 saturated heterocycles. The number of amides is 1. The van der Waals surface area contributed by atoms with Crippen molar-refractivity contribution in [1.82, 2.24) is 10.3 Å². The number of nitrogens with one attached hydrogen (secondary N) is 1. The zero-order valence-corrected chi connectivity index (χ0v) is 13.9.